The van der Waals surface area contributed by atoms with Crippen LogP contribution >= 0.6 is 0 Å². The van der Waals surface area contributed by atoms with Gasteiger partial charge < -0.3 is 30.0 Å². The number of carbonyl (C=O) groups excluding carboxylic acids is 4. The van der Waals surface area contributed by atoms with Crippen molar-refractivity contribution in [3.8, 4) is 0 Å². The number of carbonyl (C=O) groups is 4. The summed E-state index contributed by atoms with van der Waals surface area (Å²) in [6, 6.07) is 6.55. The Morgan fingerprint density at radius 1 is 1.02 bits per heavy atom. The van der Waals surface area contributed by atoms with Gasteiger partial charge in [0.25, 0.3) is 0 Å². The van der Waals surface area contributed by atoms with Crippen LogP contribution in [0.15, 0.2) is 30.3 Å². The molecule has 0 aromatic heterocycles. The molecule has 13 nitrogen and oxygen atoms in total. The molecular weight excluding hydrogens is 678 g/mol. The number of hydrogen-bond donors (Lipinski definition) is 3. The minimum atomic E-state index is -3.76. The van der Waals surface area contributed by atoms with E-state index >= 15 is 0 Å². The van der Waals surface area contributed by atoms with Crippen molar-refractivity contribution in [2.24, 2.45) is 11.8 Å². The normalized spacial score (nSPS) is 26.2. The number of sulfone groups is 1. The van der Waals surface area contributed by atoms with Crippen LogP contribution < -0.4 is 10.6 Å². The molecule has 4 rings (SSSR count). The van der Waals surface area contributed by atoms with E-state index in [4.69, 9.17) is 14.2 Å². The van der Waals surface area contributed by atoms with Crippen molar-refractivity contribution in [1.82, 2.24) is 15.5 Å². The summed E-state index contributed by atoms with van der Waals surface area (Å²) >= 11 is 0. The molecule has 1 aromatic carbocycles. The highest BCUT2D eigenvalue weighted by atomic mass is 32.2. The number of benzene rings is 1. The van der Waals surface area contributed by atoms with Crippen molar-refractivity contribution < 1.29 is 46.9 Å². The van der Waals surface area contributed by atoms with Gasteiger partial charge in [0.15, 0.2) is 15.9 Å². The highest BCUT2D eigenvalue weighted by Crippen LogP contribution is 2.29. The van der Waals surface area contributed by atoms with Crippen molar-refractivity contribution in [3.63, 3.8) is 0 Å². The maximum Gasteiger partial charge on any atom is 0.337 e. The van der Waals surface area contributed by atoms with Crippen LogP contribution in [0.2, 0.25) is 0 Å². The number of nitrogens with one attached hydrogen (secondary N) is 2. The third-order valence-electron chi connectivity index (χ3n) is 10.1. The number of aliphatic hydroxyl groups excluding tert-OH is 1. The number of cyclic esters (lactones) is 2. The van der Waals surface area contributed by atoms with Crippen LogP contribution in [0.4, 0.5) is 0 Å². The molecular formula is C37H57N3O10S. The van der Waals surface area contributed by atoms with Gasteiger partial charge in [0.2, 0.25) is 11.8 Å². The topological polar surface area (TPSA) is 178 Å². The van der Waals surface area contributed by atoms with Crippen molar-refractivity contribution in [2.45, 2.75) is 114 Å². The Labute approximate surface area is 302 Å². The first-order valence-electron chi connectivity index (χ1n) is 18.4. The SMILES string of the molecule is CC(C)(C)S(=O)(=O)C[C@@H](Cc1ccccc1)C(=O)N[C@H]1COC(=O)CCC[C@H](CN2CCOCC2)OC(=O)[C@H](O)[C@H](CC2CCCCC2)NC1=O. The van der Waals surface area contributed by atoms with E-state index in [1.165, 1.54) is 0 Å². The third-order valence-corrected chi connectivity index (χ3v) is 12.8. The molecule has 286 valence electrons. The lowest BCUT2D eigenvalue weighted by atomic mass is 9.83. The molecule has 0 radical (unpaired) electrons. The maximum atomic E-state index is 14.0. The van der Waals surface area contributed by atoms with Gasteiger partial charge in [-0.2, -0.15) is 0 Å². The Morgan fingerprint density at radius 3 is 2.37 bits per heavy atom. The Kier molecular flexibility index (Phi) is 15.3. The van der Waals surface area contributed by atoms with Crippen LogP contribution in [0, 0.1) is 11.8 Å². The second-order valence-electron chi connectivity index (χ2n) is 15.2. The number of ether oxygens (including phenoxy) is 3. The summed E-state index contributed by atoms with van der Waals surface area (Å²) in [5.74, 6) is -4.28. The quantitative estimate of drug-likeness (QED) is 0.301. The van der Waals surface area contributed by atoms with Gasteiger partial charge in [-0.3, -0.25) is 19.3 Å². The lowest BCUT2D eigenvalue weighted by molar-refractivity contribution is -0.163. The van der Waals surface area contributed by atoms with Crippen molar-refractivity contribution in [3.05, 3.63) is 35.9 Å². The van der Waals surface area contributed by atoms with Crippen LogP contribution in [0.1, 0.15) is 84.1 Å². The fourth-order valence-corrected chi connectivity index (χ4v) is 8.12. The zero-order valence-electron chi connectivity index (χ0n) is 30.3. The smallest absolute Gasteiger partial charge is 0.337 e. The molecule has 2 heterocycles. The Hall–Kier alpha value is -3.07. The Bertz CT molecular complexity index is 1410. The summed E-state index contributed by atoms with van der Waals surface area (Å²) in [4.78, 5) is 56.4. The Balaban J connectivity index is 1.57. The number of rotatable bonds is 10. The van der Waals surface area contributed by atoms with Gasteiger partial charge in [-0.05, 0) is 57.9 Å². The van der Waals surface area contributed by atoms with E-state index in [-0.39, 0.29) is 18.8 Å². The minimum Gasteiger partial charge on any atom is -0.463 e. The number of esters is 2. The molecule has 5 atom stereocenters. The molecule has 2 amide bonds. The summed E-state index contributed by atoms with van der Waals surface area (Å²) in [5.41, 5.74) is 0.741. The molecule has 1 aromatic rings. The minimum absolute atomic E-state index is 0.0211. The highest BCUT2D eigenvalue weighted by molar-refractivity contribution is 7.92. The van der Waals surface area contributed by atoms with E-state index in [2.05, 4.69) is 15.5 Å². The predicted molar refractivity (Wildman–Crippen MR) is 190 cm³/mol. The average Bonchev–Trinajstić information content (AvgIpc) is 3.09. The highest BCUT2D eigenvalue weighted by Gasteiger charge is 2.38. The number of nitrogens with zero attached hydrogens (tertiary/aromatic N) is 1. The lowest BCUT2D eigenvalue weighted by Crippen LogP contribution is -2.57. The van der Waals surface area contributed by atoms with Crippen LogP contribution in [-0.2, 0) is 49.6 Å². The molecule has 2 aliphatic heterocycles. The first-order chi connectivity index (χ1) is 24.2. The van der Waals surface area contributed by atoms with Crippen LogP contribution in [0.3, 0.4) is 0 Å². The molecule has 3 N–H and O–H groups in total. The lowest BCUT2D eigenvalue weighted by Gasteiger charge is -2.33. The predicted octanol–water partition coefficient (Wildman–Crippen LogP) is 2.33. The van der Waals surface area contributed by atoms with E-state index in [0.717, 1.165) is 37.7 Å². The van der Waals surface area contributed by atoms with Crippen molar-refractivity contribution in [2.75, 3.05) is 45.2 Å². The van der Waals surface area contributed by atoms with Crippen molar-refractivity contribution >= 4 is 33.6 Å². The van der Waals surface area contributed by atoms with Gasteiger partial charge in [0, 0.05) is 26.1 Å². The maximum absolute atomic E-state index is 14.0. The molecule has 0 unspecified atom stereocenters. The molecule has 2 saturated heterocycles. The molecule has 14 heteroatoms. The van der Waals surface area contributed by atoms with E-state index < -0.39 is 80.9 Å². The zero-order chi connectivity index (χ0) is 37.0. The first kappa shape index (κ1) is 40.7. The number of aliphatic hydroxyl groups is 1. The van der Waals surface area contributed by atoms with Gasteiger partial charge in [-0.25, -0.2) is 13.2 Å². The van der Waals surface area contributed by atoms with Crippen LogP contribution in [0.25, 0.3) is 0 Å². The van der Waals surface area contributed by atoms with Gasteiger partial charge in [0.1, 0.15) is 18.8 Å². The molecule has 0 spiro atoms. The molecule has 1 aliphatic carbocycles. The summed E-state index contributed by atoms with van der Waals surface area (Å²) in [5, 5.41) is 16.9. The standard InChI is InChI=1S/C37H57N3O10S/c1-37(2,3)51(46,47)25-28(21-26-11-6-4-7-12-26)34(43)39-31-24-49-32(41)16-10-15-29(23-40-17-19-48-20-18-40)50-36(45)33(42)30(38-35(31)44)22-27-13-8-5-9-14-27/h4,6-7,11-12,27-31,33,42H,5,8-10,13-25H2,1-3H3,(H,38,44)(H,39,43)/t28-,29-,30+,31+,33-/m1/s1. The van der Waals surface area contributed by atoms with E-state index in [1.54, 1.807) is 45.0 Å². The first-order valence-corrected chi connectivity index (χ1v) is 20.1. The van der Waals surface area contributed by atoms with Crippen LogP contribution in [0.5, 0.6) is 0 Å². The fraction of sp³-hybridized carbons (Fsp3) is 0.730. The van der Waals surface area contributed by atoms with E-state index in [0.29, 0.717) is 52.1 Å². The molecule has 3 aliphatic rings. The molecule has 3 fully saturated rings. The summed E-state index contributed by atoms with van der Waals surface area (Å²) < 4.78 is 42.3. The Morgan fingerprint density at radius 2 is 1.71 bits per heavy atom. The molecule has 0 bridgehead atoms. The fourth-order valence-electron chi connectivity index (χ4n) is 6.83. The monoisotopic (exact) mass is 735 g/mol. The summed E-state index contributed by atoms with van der Waals surface area (Å²) in [6.45, 7) is 7.06. The summed E-state index contributed by atoms with van der Waals surface area (Å²) in [7, 11) is -3.76. The van der Waals surface area contributed by atoms with E-state index in [1.807, 2.05) is 6.07 Å². The summed E-state index contributed by atoms with van der Waals surface area (Å²) in [6.07, 6.45) is 3.67. The van der Waals surface area contributed by atoms with Gasteiger partial charge in [-0.1, -0.05) is 62.4 Å². The zero-order valence-corrected chi connectivity index (χ0v) is 31.2. The van der Waals surface area contributed by atoms with E-state index in [9.17, 15) is 32.7 Å². The van der Waals surface area contributed by atoms with Crippen molar-refractivity contribution in [1.29, 1.82) is 0 Å². The number of morpholine rings is 1. The molecule has 1 saturated carbocycles. The largest absolute Gasteiger partial charge is 0.463 e. The number of hydrogen-bond acceptors (Lipinski definition) is 11. The second kappa shape index (κ2) is 19.1. The molecule has 51 heavy (non-hydrogen) atoms. The van der Waals surface area contributed by atoms with Gasteiger partial charge >= 0.3 is 11.9 Å². The van der Waals surface area contributed by atoms with Gasteiger partial charge in [-0.15, -0.1) is 0 Å². The number of amides is 2. The average molecular weight is 736 g/mol. The third kappa shape index (κ3) is 12.8. The van der Waals surface area contributed by atoms with Gasteiger partial charge in [0.05, 0.1) is 35.7 Å². The van der Waals surface area contributed by atoms with Crippen LogP contribution in [-0.4, -0.2) is 116 Å². The second-order valence-corrected chi connectivity index (χ2v) is 18.0.